The molecule has 2 heterocycles. The normalized spacial score (nSPS) is 17.6. The molecular formula is C18H12N2O6. The fraction of sp³-hybridized carbons (Fsp3) is 0.0556. The number of benzene rings is 2. The second kappa shape index (κ2) is 5.92. The quantitative estimate of drug-likeness (QED) is 0.631. The van der Waals surface area contributed by atoms with E-state index < -0.39 is 17.8 Å². The standard InChI is InChI=1S/C18H12N2O6/c21-12-4-1-10(2-5-12)7-13-16(22)19-18(24)20(17(13)23)11-3-6-14-15(8-11)26-9-25-14/h1-8,21H,9H2,(H,19,22,24)/b13-7+. The number of nitrogens with zero attached hydrogens (tertiary/aromatic N) is 1. The molecule has 2 aliphatic heterocycles. The van der Waals surface area contributed by atoms with Crippen LogP contribution in [0.2, 0.25) is 0 Å². The number of fused-ring (bicyclic) bond motifs is 1. The number of barbiturate groups is 1. The molecule has 8 heteroatoms. The highest BCUT2D eigenvalue weighted by atomic mass is 16.7. The molecule has 0 atom stereocenters. The van der Waals surface area contributed by atoms with Gasteiger partial charge < -0.3 is 14.6 Å². The molecule has 8 nitrogen and oxygen atoms in total. The number of ether oxygens (including phenoxy) is 2. The number of hydrogen-bond donors (Lipinski definition) is 2. The third kappa shape index (κ3) is 2.63. The molecule has 2 aromatic carbocycles. The lowest BCUT2D eigenvalue weighted by atomic mass is 10.1. The van der Waals surface area contributed by atoms with Crippen molar-refractivity contribution in [2.75, 3.05) is 11.7 Å². The van der Waals surface area contributed by atoms with Crippen LogP contribution in [0.5, 0.6) is 17.2 Å². The Morgan fingerprint density at radius 2 is 1.73 bits per heavy atom. The van der Waals surface area contributed by atoms with E-state index in [-0.39, 0.29) is 23.8 Å². The Balaban J connectivity index is 1.71. The highest BCUT2D eigenvalue weighted by molar-refractivity contribution is 6.39. The van der Waals surface area contributed by atoms with E-state index >= 15 is 0 Å². The number of rotatable bonds is 2. The van der Waals surface area contributed by atoms with Crippen LogP contribution in [0.3, 0.4) is 0 Å². The Morgan fingerprint density at radius 1 is 1.00 bits per heavy atom. The molecule has 1 fully saturated rings. The zero-order valence-corrected chi connectivity index (χ0v) is 13.3. The molecule has 1 saturated heterocycles. The van der Waals surface area contributed by atoms with Crippen LogP contribution in [0.1, 0.15) is 5.56 Å². The summed E-state index contributed by atoms with van der Waals surface area (Å²) in [5, 5.41) is 11.5. The Hall–Kier alpha value is -3.81. The van der Waals surface area contributed by atoms with Gasteiger partial charge >= 0.3 is 6.03 Å². The monoisotopic (exact) mass is 352 g/mol. The molecule has 0 saturated carbocycles. The lowest BCUT2D eigenvalue weighted by molar-refractivity contribution is -0.122. The maximum absolute atomic E-state index is 12.8. The largest absolute Gasteiger partial charge is 0.508 e. The average Bonchev–Trinajstić information content (AvgIpc) is 3.08. The molecule has 2 aliphatic rings. The van der Waals surface area contributed by atoms with Crippen molar-refractivity contribution in [3.05, 3.63) is 53.6 Å². The van der Waals surface area contributed by atoms with Gasteiger partial charge in [0.1, 0.15) is 11.3 Å². The van der Waals surface area contributed by atoms with Crippen LogP contribution in [-0.2, 0) is 9.59 Å². The number of imide groups is 2. The summed E-state index contributed by atoms with van der Waals surface area (Å²) in [5.41, 5.74) is 0.579. The zero-order chi connectivity index (χ0) is 18.3. The highest BCUT2D eigenvalue weighted by Gasteiger charge is 2.37. The second-order valence-electron chi connectivity index (χ2n) is 5.59. The third-order valence-electron chi connectivity index (χ3n) is 3.92. The molecule has 0 aliphatic carbocycles. The van der Waals surface area contributed by atoms with Crippen LogP contribution >= 0.6 is 0 Å². The maximum Gasteiger partial charge on any atom is 0.335 e. The highest BCUT2D eigenvalue weighted by Crippen LogP contribution is 2.36. The fourth-order valence-electron chi connectivity index (χ4n) is 2.65. The lowest BCUT2D eigenvalue weighted by Gasteiger charge is -2.26. The van der Waals surface area contributed by atoms with Gasteiger partial charge in [-0.1, -0.05) is 12.1 Å². The summed E-state index contributed by atoms with van der Waals surface area (Å²) >= 11 is 0. The minimum Gasteiger partial charge on any atom is -0.508 e. The van der Waals surface area contributed by atoms with E-state index in [1.807, 2.05) is 0 Å². The van der Waals surface area contributed by atoms with E-state index in [0.29, 0.717) is 17.1 Å². The van der Waals surface area contributed by atoms with E-state index in [9.17, 15) is 19.5 Å². The molecular weight excluding hydrogens is 340 g/mol. The van der Waals surface area contributed by atoms with E-state index in [0.717, 1.165) is 4.90 Å². The first-order valence-corrected chi connectivity index (χ1v) is 7.63. The van der Waals surface area contributed by atoms with Crippen LogP contribution < -0.4 is 19.7 Å². The minimum absolute atomic E-state index is 0.0589. The molecule has 0 bridgehead atoms. The van der Waals surface area contributed by atoms with Crippen molar-refractivity contribution in [1.29, 1.82) is 0 Å². The van der Waals surface area contributed by atoms with Crippen molar-refractivity contribution >= 4 is 29.6 Å². The number of urea groups is 1. The van der Waals surface area contributed by atoms with Gasteiger partial charge in [0.15, 0.2) is 11.5 Å². The number of anilines is 1. The summed E-state index contributed by atoms with van der Waals surface area (Å²) in [5.74, 6) is -0.571. The maximum atomic E-state index is 12.8. The summed E-state index contributed by atoms with van der Waals surface area (Å²) in [6.07, 6.45) is 1.35. The van der Waals surface area contributed by atoms with Crippen molar-refractivity contribution in [3.63, 3.8) is 0 Å². The van der Waals surface area contributed by atoms with Crippen molar-refractivity contribution in [2.24, 2.45) is 0 Å². The molecule has 0 spiro atoms. The van der Waals surface area contributed by atoms with E-state index in [2.05, 4.69) is 5.32 Å². The lowest BCUT2D eigenvalue weighted by Crippen LogP contribution is -2.54. The predicted molar refractivity (Wildman–Crippen MR) is 89.7 cm³/mol. The predicted octanol–water partition coefficient (Wildman–Crippen LogP) is 1.79. The minimum atomic E-state index is -0.846. The molecule has 0 radical (unpaired) electrons. The number of hydrogen-bond acceptors (Lipinski definition) is 6. The summed E-state index contributed by atoms with van der Waals surface area (Å²) < 4.78 is 10.5. The van der Waals surface area contributed by atoms with Crippen LogP contribution in [0.4, 0.5) is 10.5 Å². The third-order valence-corrected chi connectivity index (χ3v) is 3.92. The summed E-state index contributed by atoms with van der Waals surface area (Å²) in [6, 6.07) is 9.71. The van der Waals surface area contributed by atoms with Crippen LogP contribution in [0.15, 0.2) is 48.0 Å². The van der Waals surface area contributed by atoms with Gasteiger partial charge in [-0.25, -0.2) is 9.69 Å². The van der Waals surface area contributed by atoms with E-state index in [4.69, 9.17) is 9.47 Å². The topological polar surface area (TPSA) is 105 Å². The molecule has 0 unspecified atom stereocenters. The Kier molecular flexibility index (Phi) is 3.58. The smallest absolute Gasteiger partial charge is 0.335 e. The summed E-state index contributed by atoms with van der Waals surface area (Å²) in [6.45, 7) is 0.0589. The number of carbonyl (C=O) groups excluding carboxylic acids is 3. The van der Waals surface area contributed by atoms with E-state index in [1.54, 1.807) is 18.2 Å². The molecule has 4 rings (SSSR count). The van der Waals surface area contributed by atoms with Crippen LogP contribution in [0.25, 0.3) is 6.08 Å². The van der Waals surface area contributed by atoms with Crippen molar-refractivity contribution in [3.8, 4) is 17.2 Å². The molecule has 130 valence electrons. The first kappa shape index (κ1) is 15.7. The Labute approximate surface area is 147 Å². The second-order valence-corrected chi connectivity index (χ2v) is 5.59. The first-order valence-electron chi connectivity index (χ1n) is 7.63. The van der Waals surface area contributed by atoms with Gasteiger partial charge in [-0.3, -0.25) is 14.9 Å². The number of nitrogens with one attached hydrogen (secondary N) is 1. The van der Waals surface area contributed by atoms with Gasteiger partial charge in [-0.15, -0.1) is 0 Å². The number of carbonyl (C=O) groups is 3. The number of aromatic hydroxyl groups is 1. The molecule has 2 aromatic rings. The van der Waals surface area contributed by atoms with Gasteiger partial charge in [-0.05, 0) is 35.9 Å². The van der Waals surface area contributed by atoms with E-state index in [1.165, 1.54) is 30.3 Å². The molecule has 2 N–H and O–H groups in total. The molecule has 0 aromatic heterocycles. The van der Waals surface area contributed by atoms with Crippen LogP contribution in [0, 0.1) is 0 Å². The number of phenolic OH excluding ortho intramolecular Hbond substituents is 1. The van der Waals surface area contributed by atoms with Gasteiger partial charge in [0.25, 0.3) is 11.8 Å². The number of amides is 4. The SMILES string of the molecule is O=C1NC(=O)N(c2ccc3c(c2)OCO3)C(=O)/C1=C/c1ccc(O)cc1. The molecule has 4 amide bonds. The Morgan fingerprint density at radius 3 is 2.50 bits per heavy atom. The fourth-order valence-corrected chi connectivity index (χ4v) is 2.65. The van der Waals surface area contributed by atoms with Gasteiger partial charge in [0.05, 0.1) is 5.69 Å². The molecule has 26 heavy (non-hydrogen) atoms. The van der Waals surface area contributed by atoms with Crippen molar-refractivity contribution < 1.29 is 29.0 Å². The van der Waals surface area contributed by atoms with Gasteiger partial charge in [0.2, 0.25) is 6.79 Å². The Bertz CT molecular complexity index is 964. The zero-order valence-electron chi connectivity index (χ0n) is 13.3. The van der Waals surface area contributed by atoms with Crippen LogP contribution in [-0.4, -0.2) is 29.7 Å². The van der Waals surface area contributed by atoms with Crippen molar-refractivity contribution in [1.82, 2.24) is 5.32 Å². The van der Waals surface area contributed by atoms with Gasteiger partial charge in [0, 0.05) is 6.07 Å². The number of phenols is 1. The average molecular weight is 352 g/mol. The summed E-state index contributed by atoms with van der Waals surface area (Å²) in [4.78, 5) is 37.9. The summed E-state index contributed by atoms with van der Waals surface area (Å²) in [7, 11) is 0. The van der Waals surface area contributed by atoms with Gasteiger partial charge in [-0.2, -0.15) is 0 Å². The first-order chi connectivity index (χ1) is 12.5. The van der Waals surface area contributed by atoms with Crippen molar-refractivity contribution in [2.45, 2.75) is 0 Å².